The van der Waals surface area contributed by atoms with Gasteiger partial charge in [0.05, 0.1) is 37.5 Å². The molecule has 0 aromatic heterocycles. The predicted octanol–water partition coefficient (Wildman–Crippen LogP) is 9.51. The Bertz CT molecular complexity index is 1320. The van der Waals surface area contributed by atoms with Crippen LogP contribution in [0.3, 0.4) is 0 Å². The molecule has 4 nitrogen and oxygen atoms in total. The molecule has 0 bridgehead atoms. The Hall–Kier alpha value is -4.64. The van der Waals surface area contributed by atoms with Crippen LogP contribution in [0.25, 0.3) is 9.69 Å². The minimum absolute atomic E-state index is 0.590. The highest BCUT2D eigenvalue weighted by Gasteiger charge is 2.11. The quantitative estimate of drug-likeness (QED) is 0.133. The van der Waals surface area contributed by atoms with Crippen molar-refractivity contribution >= 4 is 11.4 Å². The number of unbranched alkanes of at least 4 members (excludes halogenated alkanes) is 6. The molecule has 40 heavy (non-hydrogen) atoms. The maximum atomic E-state index is 7.16. The Kier molecular flexibility index (Phi) is 12.7. The fourth-order valence-electron chi connectivity index (χ4n) is 3.93. The summed E-state index contributed by atoms with van der Waals surface area (Å²) in [5, 5.41) is 0. The van der Waals surface area contributed by atoms with Crippen LogP contribution in [0.5, 0.6) is 11.5 Å². The van der Waals surface area contributed by atoms with Crippen molar-refractivity contribution < 1.29 is 9.47 Å². The first kappa shape index (κ1) is 29.9. The lowest BCUT2D eigenvalue weighted by Gasteiger charge is -2.14. The van der Waals surface area contributed by atoms with Gasteiger partial charge in [0.15, 0.2) is 11.4 Å². The second-order valence-corrected chi connectivity index (χ2v) is 9.48. The van der Waals surface area contributed by atoms with Crippen molar-refractivity contribution in [3.8, 4) is 35.2 Å². The fraction of sp³-hybridized carbons (Fsp3) is 0.333. The van der Waals surface area contributed by atoms with E-state index in [1.165, 1.54) is 25.7 Å². The Labute approximate surface area is 240 Å². The monoisotopic (exact) mass is 528 g/mol. The molecule has 0 saturated carbocycles. The van der Waals surface area contributed by atoms with Gasteiger partial charge in [0.2, 0.25) is 0 Å². The molecule has 3 aromatic rings. The SMILES string of the molecule is [C-]#[N+]c1ccc(C#Cc2cc(OCCCCCC)c(C#Cc3ccc([N+]#[C-])cc3)cc2OCCCCCC)cc1. The van der Waals surface area contributed by atoms with E-state index in [9.17, 15) is 0 Å². The zero-order valence-electron chi connectivity index (χ0n) is 23.6. The molecule has 0 N–H and O–H groups in total. The third-order valence-electron chi connectivity index (χ3n) is 6.27. The minimum Gasteiger partial charge on any atom is -0.492 e. The smallest absolute Gasteiger partial charge is 0.187 e. The van der Waals surface area contributed by atoms with Crippen molar-refractivity contribution in [2.24, 2.45) is 0 Å². The van der Waals surface area contributed by atoms with Crippen molar-refractivity contribution in [2.75, 3.05) is 13.2 Å². The highest BCUT2D eigenvalue weighted by Crippen LogP contribution is 2.29. The molecule has 0 aliphatic carbocycles. The van der Waals surface area contributed by atoms with Crippen molar-refractivity contribution in [3.05, 3.63) is 106 Å². The molecule has 0 unspecified atom stereocenters. The van der Waals surface area contributed by atoms with Gasteiger partial charge in [0.1, 0.15) is 11.5 Å². The number of nitrogens with zero attached hydrogens (tertiary/aromatic N) is 2. The number of hydrogen-bond donors (Lipinski definition) is 0. The Balaban J connectivity index is 1.97. The van der Waals surface area contributed by atoms with E-state index < -0.39 is 0 Å². The summed E-state index contributed by atoms with van der Waals surface area (Å²) < 4.78 is 12.5. The molecule has 202 valence electrons. The van der Waals surface area contributed by atoms with Crippen LogP contribution in [0.15, 0.2) is 60.7 Å². The van der Waals surface area contributed by atoms with E-state index in [0.717, 1.165) is 47.9 Å². The molecule has 3 rings (SSSR count). The largest absolute Gasteiger partial charge is 0.492 e. The number of hydrogen-bond acceptors (Lipinski definition) is 2. The molecule has 0 fully saturated rings. The highest BCUT2D eigenvalue weighted by atomic mass is 16.5. The van der Waals surface area contributed by atoms with Gasteiger partial charge in [-0.25, -0.2) is 9.69 Å². The molecular weight excluding hydrogens is 492 g/mol. The van der Waals surface area contributed by atoms with Crippen molar-refractivity contribution in [2.45, 2.75) is 65.2 Å². The Morgan fingerprint density at radius 3 is 1.30 bits per heavy atom. The lowest BCUT2D eigenvalue weighted by atomic mass is 10.1. The van der Waals surface area contributed by atoms with Gasteiger partial charge in [0.25, 0.3) is 0 Å². The van der Waals surface area contributed by atoms with Crippen LogP contribution in [-0.2, 0) is 0 Å². The van der Waals surface area contributed by atoms with Gasteiger partial charge >= 0.3 is 0 Å². The van der Waals surface area contributed by atoms with E-state index in [1.807, 2.05) is 36.4 Å². The normalized spacial score (nSPS) is 9.80. The van der Waals surface area contributed by atoms with Crippen LogP contribution in [0.4, 0.5) is 11.4 Å². The summed E-state index contributed by atoms with van der Waals surface area (Å²) in [6.07, 6.45) is 8.91. The Morgan fingerprint density at radius 2 is 0.950 bits per heavy atom. The third-order valence-corrected chi connectivity index (χ3v) is 6.27. The molecule has 0 radical (unpaired) electrons. The molecule has 0 heterocycles. The van der Waals surface area contributed by atoms with E-state index in [4.69, 9.17) is 22.6 Å². The maximum Gasteiger partial charge on any atom is 0.187 e. The lowest BCUT2D eigenvalue weighted by molar-refractivity contribution is 0.295. The van der Waals surface area contributed by atoms with Gasteiger partial charge in [-0.1, -0.05) is 125 Å². The van der Waals surface area contributed by atoms with E-state index in [-0.39, 0.29) is 0 Å². The van der Waals surface area contributed by atoms with Gasteiger partial charge in [0, 0.05) is 23.3 Å². The average Bonchev–Trinajstić information content (AvgIpc) is 3.00. The molecular formula is C36H36N2O2. The van der Waals surface area contributed by atoms with Gasteiger partial charge in [-0.05, 0) is 12.8 Å². The summed E-state index contributed by atoms with van der Waals surface area (Å²) in [5.41, 5.74) is 4.34. The van der Waals surface area contributed by atoms with Gasteiger partial charge in [-0.2, -0.15) is 0 Å². The predicted molar refractivity (Wildman–Crippen MR) is 163 cm³/mol. The second kappa shape index (κ2) is 17.0. The molecule has 0 atom stereocenters. The molecule has 0 aliphatic rings. The molecule has 0 saturated heterocycles. The molecule has 0 spiro atoms. The summed E-state index contributed by atoms with van der Waals surface area (Å²) in [5.74, 6) is 14.4. The highest BCUT2D eigenvalue weighted by molar-refractivity contribution is 5.61. The third kappa shape index (κ3) is 9.91. The summed E-state index contributed by atoms with van der Waals surface area (Å²) >= 11 is 0. The molecule has 0 amide bonds. The number of rotatable bonds is 12. The van der Waals surface area contributed by atoms with Gasteiger partial charge in [-0.15, -0.1) is 0 Å². The van der Waals surface area contributed by atoms with Crippen LogP contribution in [0, 0.1) is 36.8 Å². The van der Waals surface area contributed by atoms with Crippen LogP contribution in [0.1, 0.15) is 87.5 Å². The van der Waals surface area contributed by atoms with Crippen LogP contribution in [-0.4, -0.2) is 13.2 Å². The number of benzene rings is 3. The van der Waals surface area contributed by atoms with Crippen molar-refractivity contribution in [1.29, 1.82) is 0 Å². The number of ether oxygens (including phenoxy) is 2. The van der Waals surface area contributed by atoms with Crippen molar-refractivity contribution in [3.63, 3.8) is 0 Å². The summed E-state index contributed by atoms with van der Waals surface area (Å²) in [6.45, 7) is 19.9. The van der Waals surface area contributed by atoms with Crippen LogP contribution < -0.4 is 9.47 Å². The second-order valence-electron chi connectivity index (χ2n) is 9.48. The molecule has 0 aliphatic heterocycles. The van der Waals surface area contributed by atoms with E-state index >= 15 is 0 Å². The van der Waals surface area contributed by atoms with E-state index in [0.29, 0.717) is 36.1 Å². The first-order valence-electron chi connectivity index (χ1n) is 14.1. The van der Waals surface area contributed by atoms with Crippen LogP contribution >= 0.6 is 0 Å². The molecule has 4 heteroatoms. The standard InChI is InChI=1S/C36H36N2O2/c1-5-7-9-11-25-39-35-27-32(20-14-30-17-23-34(38-4)24-18-30)36(40-26-12-10-8-6-2)28-31(35)19-13-29-15-21-33(37-3)22-16-29/h15-18,21-24,27-28H,5-12,25-26H2,1-2H3. The van der Waals surface area contributed by atoms with Crippen LogP contribution in [0.2, 0.25) is 0 Å². The topological polar surface area (TPSA) is 27.2 Å². The summed E-state index contributed by atoms with van der Waals surface area (Å²) in [6, 6.07) is 18.4. The maximum absolute atomic E-state index is 7.16. The molecule has 3 aromatic carbocycles. The first-order valence-corrected chi connectivity index (χ1v) is 14.1. The first-order chi connectivity index (χ1) is 19.7. The average molecular weight is 529 g/mol. The summed E-state index contributed by atoms with van der Waals surface area (Å²) in [4.78, 5) is 6.91. The fourth-order valence-corrected chi connectivity index (χ4v) is 3.93. The van der Waals surface area contributed by atoms with Gasteiger partial charge < -0.3 is 9.47 Å². The van der Waals surface area contributed by atoms with E-state index in [1.54, 1.807) is 24.3 Å². The lowest BCUT2D eigenvalue weighted by Crippen LogP contribution is -2.03. The zero-order chi connectivity index (χ0) is 28.4. The van der Waals surface area contributed by atoms with Gasteiger partial charge in [-0.3, -0.25) is 0 Å². The summed E-state index contributed by atoms with van der Waals surface area (Å²) in [7, 11) is 0. The van der Waals surface area contributed by atoms with Crippen molar-refractivity contribution in [1.82, 2.24) is 0 Å². The zero-order valence-corrected chi connectivity index (χ0v) is 23.6. The Morgan fingerprint density at radius 1 is 0.550 bits per heavy atom. The van der Waals surface area contributed by atoms with E-state index in [2.05, 4.69) is 47.2 Å². The minimum atomic E-state index is 0.590.